The molecule has 1 saturated heterocycles. The third kappa shape index (κ3) is 4.43. The fraction of sp³-hybridized carbons (Fsp3) is 0.500. The summed E-state index contributed by atoms with van der Waals surface area (Å²) in [5, 5.41) is 10.8. The number of carbonyl (C=O) groups excluding carboxylic acids is 2. The number of aliphatic hydroxyl groups is 1. The predicted octanol–water partition coefficient (Wildman–Crippen LogP) is 2.56. The van der Waals surface area contributed by atoms with Gasteiger partial charge in [0, 0.05) is 44.3 Å². The number of likely N-dealkylation sites (tertiary alicyclic amines) is 1. The zero-order valence-corrected chi connectivity index (χ0v) is 20.1. The molecule has 2 fully saturated rings. The molecular formula is C28H33N3O4. The highest BCUT2D eigenvalue weighted by Crippen LogP contribution is 2.38. The average Bonchev–Trinajstić information content (AvgIpc) is 3.47. The first kappa shape index (κ1) is 22.6. The molecule has 2 bridgehead atoms. The number of carbonyl (C=O) groups is 2. The molecule has 0 spiro atoms. The Bertz CT molecular complexity index is 1130. The molecule has 0 aromatic heterocycles. The maximum Gasteiger partial charge on any atom is 0.257 e. The van der Waals surface area contributed by atoms with Crippen molar-refractivity contribution in [3.63, 3.8) is 0 Å². The lowest BCUT2D eigenvalue weighted by Crippen LogP contribution is -2.44. The van der Waals surface area contributed by atoms with Crippen LogP contribution >= 0.6 is 0 Å². The van der Waals surface area contributed by atoms with Crippen LogP contribution < -0.4 is 4.74 Å². The second-order valence-electron chi connectivity index (χ2n) is 10.5. The molecule has 2 aromatic carbocycles. The van der Waals surface area contributed by atoms with E-state index in [1.165, 1.54) is 17.5 Å². The minimum atomic E-state index is -0.641. The molecule has 2 unspecified atom stereocenters. The Balaban J connectivity index is 1.10. The first-order chi connectivity index (χ1) is 17.0. The van der Waals surface area contributed by atoms with Crippen LogP contribution in [-0.2, 0) is 13.0 Å². The first-order valence-corrected chi connectivity index (χ1v) is 12.9. The molecule has 2 aromatic rings. The summed E-state index contributed by atoms with van der Waals surface area (Å²) in [7, 11) is 0. The third-order valence-corrected chi connectivity index (χ3v) is 8.14. The van der Waals surface area contributed by atoms with Crippen LogP contribution in [-0.4, -0.2) is 83.1 Å². The molecule has 0 radical (unpaired) electrons. The Morgan fingerprint density at radius 2 is 1.94 bits per heavy atom. The first-order valence-electron chi connectivity index (χ1n) is 12.9. The van der Waals surface area contributed by atoms with Crippen LogP contribution in [0, 0.1) is 5.92 Å². The maximum absolute atomic E-state index is 13.3. The van der Waals surface area contributed by atoms with Gasteiger partial charge in [0.1, 0.15) is 12.4 Å². The van der Waals surface area contributed by atoms with E-state index in [9.17, 15) is 14.7 Å². The van der Waals surface area contributed by atoms with E-state index in [0.717, 1.165) is 38.9 Å². The zero-order chi connectivity index (χ0) is 23.9. The van der Waals surface area contributed by atoms with Gasteiger partial charge in [-0.3, -0.25) is 14.5 Å². The SMILES string of the molecule is O=C1c2ccc(C(=O)N3CC4CCC3C4)cc2OCCN1C[C@H](O)CN1CCc2ccccc2C1. The van der Waals surface area contributed by atoms with E-state index in [-0.39, 0.29) is 18.4 Å². The molecule has 6 rings (SSSR count). The second-order valence-corrected chi connectivity index (χ2v) is 10.5. The van der Waals surface area contributed by atoms with E-state index in [1.807, 2.05) is 4.90 Å². The van der Waals surface area contributed by atoms with Crippen molar-refractivity contribution >= 4 is 11.8 Å². The monoisotopic (exact) mass is 475 g/mol. The number of hydrogen-bond acceptors (Lipinski definition) is 5. The number of rotatable bonds is 5. The quantitative estimate of drug-likeness (QED) is 0.720. The van der Waals surface area contributed by atoms with Gasteiger partial charge in [-0.25, -0.2) is 0 Å². The number of β-amino-alcohol motifs (C(OH)–C–C–N with tert-alkyl or cyclic N) is 1. The summed E-state index contributed by atoms with van der Waals surface area (Å²) >= 11 is 0. The fourth-order valence-corrected chi connectivity index (χ4v) is 6.32. The summed E-state index contributed by atoms with van der Waals surface area (Å²) in [5.74, 6) is 0.993. The Kier molecular flexibility index (Phi) is 5.98. The summed E-state index contributed by atoms with van der Waals surface area (Å²) < 4.78 is 5.91. The zero-order valence-electron chi connectivity index (χ0n) is 20.1. The molecule has 1 aliphatic carbocycles. The molecule has 3 heterocycles. The molecule has 2 amide bonds. The number of hydrogen-bond donors (Lipinski definition) is 1. The van der Waals surface area contributed by atoms with Gasteiger partial charge in [-0.1, -0.05) is 24.3 Å². The molecule has 1 N–H and O–H groups in total. The van der Waals surface area contributed by atoms with Crippen molar-refractivity contribution < 1.29 is 19.4 Å². The van der Waals surface area contributed by atoms with Crippen LogP contribution in [0.4, 0.5) is 0 Å². The van der Waals surface area contributed by atoms with Crippen LogP contribution in [0.15, 0.2) is 42.5 Å². The summed E-state index contributed by atoms with van der Waals surface area (Å²) in [5.41, 5.74) is 3.74. The van der Waals surface area contributed by atoms with Crippen LogP contribution in [0.5, 0.6) is 5.75 Å². The highest BCUT2D eigenvalue weighted by Gasteiger charge is 2.40. The van der Waals surface area contributed by atoms with Gasteiger partial charge < -0.3 is 19.6 Å². The standard InChI is InChI=1S/C28H33N3O4/c32-24(17-29-10-9-20-3-1-2-4-22(20)16-29)18-30-11-12-35-26-14-21(6-8-25(26)28(30)34)27(33)31-15-19-5-7-23(31)13-19/h1-4,6,8,14,19,23-24,32H,5,7,9-13,15-18H2/t19?,23?,24-/m1/s1. The van der Waals surface area contributed by atoms with Gasteiger partial charge in [0.15, 0.2) is 0 Å². The van der Waals surface area contributed by atoms with E-state index in [1.54, 1.807) is 23.1 Å². The van der Waals surface area contributed by atoms with E-state index >= 15 is 0 Å². The van der Waals surface area contributed by atoms with Crippen molar-refractivity contribution in [1.29, 1.82) is 0 Å². The van der Waals surface area contributed by atoms with Gasteiger partial charge in [-0.2, -0.15) is 0 Å². The molecule has 7 nitrogen and oxygen atoms in total. The van der Waals surface area contributed by atoms with Crippen LogP contribution in [0.3, 0.4) is 0 Å². The van der Waals surface area contributed by atoms with Gasteiger partial charge >= 0.3 is 0 Å². The largest absolute Gasteiger partial charge is 0.491 e. The molecule has 4 aliphatic rings. The number of ether oxygens (including phenoxy) is 1. The fourth-order valence-electron chi connectivity index (χ4n) is 6.32. The number of nitrogens with zero attached hydrogens (tertiary/aromatic N) is 3. The predicted molar refractivity (Wildman–Crippen MR) is 131 cm³/mol. The Hall–Kier alpha value is -2.90. The molecule has 3 atom stereocenters. The highest BCUT2D eigenvalue weighted by atomic mass is 16.5. The number of fused-ring (bicyclic) bond motifs is 4. The Morgan fingerprint density at radius 3 is 2.74 bits per heavy atom. The van der Waals surface area contributed by atoms with Crippen LogP contribution in [0.1, 0.15) is 51.1 Å². The van der Waals surface area contributed by atoms with Crippen molar-refractivity contribution in [2.24, 2.45) is 5.92 Å². The highest BCUT2D eigenvalue weighted by molar-refractivity contribution is 6.00. The van der Waals surface area contributed by atoms with Gasteiger partial charge in [0.05, 0.1) is 18.2 Å². The van der Waals surface area contributed by atoms with Crippen molar-refractivity contribution in [1.82, 2.24) is 14.7 Å². The van der Waals surface area contributed by atoms with Crippen molar-refractivity contribution in [3.05, 3.63) is 64.7 Å². The van der Waals surface area contributed by atoms with Crippen LogP contribution in [0.25, 0.3) is 0 Å². The van der Waals surface area contributed by atoms with Crippen LogP contribution in [0.2, 0.25) is 0 Å². The summed E-state index contributed by atoms with van der Waals surface area (Å²) in [6.45, 7) is 4.11. The number of aliphatic hydroxyl groups excluding tert-OH is 1. The van der Waals surface area contributed by atoms with E-state index in [2.05, 4.69) is 29.2 Å². The lowest BCUT2D eigenvalue weighted by Gasteiger charge is -2.32. The van der Waals surface area contributed by atoms with E-state index < -0.39 is 6.10 Å². The number of amides is 2. The van der Waals surface area contributed by atoms with Crippen molar-refractivity contribution in [2.45, 2.75) is 44.4 Å². The van der Waals surface area contributed by atoms with Gasteiger partial charge in [0.25, 0.3) is 11.8 Å². The molecule has 1 saturated carbocycles. The molecule has 3 aliphatic heterocycles. The minimum Gasteiger partial charge on any atom is -0.491 e. The van der Waals surface area contributed by atoms with Gasteiger partial charge in [0.2, 0.25) is 0 Å². The lowest BCUT2D eigenvalue weighted by molar-refractivity contribution is 0.0501. The van der Waals surface area contributed by atoms with E-state index in [0.29, 0.717) is 48.5 Å². The molecular weight excluding hydrogens is 442 g/mol. The van der Waals surface area contributed by atoms with Gasteiger partial charge in [-0.15, -0.1) is 0 Å². The topological polar surface area (TPSA) is 73.3 Å². The molecule has 7 heteroatoms. The number of benzene rings is 2. The smallest absolute Gasteiger partial charge is 0.257 e. The number of piperidine rings is 1. The summed E-state index contributed by atoms with van der Waals surface area (Å²) in [4.78, 5) is 32.3. The Labute approximate surface area is 206 Å². The lowest BCUT2D eigenvalue weighted by atomic mass is 10.00. The Morgan fingerprint density at radius 1 is 1.09 bits per heavy atom. The third-order valence-electron chi connectivity index (χ3n) is 8.14. The summed E-state index contributed by atoms with van der Waals surface area (Å²) in [6.07, 6.45) is 3.78. The normalized spacial score (nSPS) is 24.5. The van der Waals surface area contributed by atoms with Crippen molar-refractivity contribution in [2.75, 3.05) is 39.3 Å². The molecule has 35 heavy (non-hydrogen) atoms. The summed E-state index contributed by atoms with van der Waals surface area (Å²) in [6, 6.07) is 14.0. The van der Waals surface area contributed by atoms with E-state index in [4.69, 9.17) is 4.74 Å². The maximum atomic E-state index is 13.3. The minimum absolute atomic E-state index is 0.0377. The molecule has 184 valence electrons. The second kappa shape index (κ2) is 9.28. The van der Waals surface area contributed by atoms with Crippen molar-refractivity contribution in [3.8, 4) is 5.75 Å². The average molecular weight is 476 g/mol. The van der Waals surface area contributed by atoms with Gasteiger partial charge in [-0.05, 0) is 60.9 Å².